The van der Waals surface area contributed by atoms with Crippen LogP contribution in [0, 0.1) is 29.1 Å². The Hall–Kier alpha value is -1.43. The summed E-state index contributed by atoms with van der Waals surface area (Å²) in [7, 11) is 0. The van der Waals surface area contributed by atoms with Crippen molar-refractivity contribution in [3.63, 3.8) is 0 Å². The Morgan fingerprint density at radius 2 is 1.37 bits per heavy atom. The van der Waals surface area contributed by atoms with E-state index in [1.807, 2.05) is 13.8 Å². The van der Waals surface area contributed by atoms with E-state index in [2.05, 4.69) is 5.32 Å². The van der Waals surface area contributed by atoms with Crippen LogP contribution in [0.15, 0.2) is 5.57 Å². The third-order valence-electron chi connectivity index (χ3n) is 2.42. The van der Waals surface area contributed by atoms with E-state index in [1.54, 1.807) is 0 Å². The van der Waals surface area contributed by atoms with Gasteiger partial charge < -0.3 is 5.32 Å². The maximum absolute atomic E-state index is 13.4. The Kier molecular flexibility index (Phi) is 5.05. The summed E-state index contributed by atoms with van der Waals surface area (Å²) in [5.74, 6) is -9.66. The molecule has 0 radical (unpaired) electrons. The van der Waals surface area contributed by atoms with Crippen molar-refractivity contribution in [2.24, 2.45) is 0 Å². The third kappa shape index (κ3) is 3.53. The van der Waals surface area contributed by atoms with Gasteiger partial charge in [-0.3, -0.25) is 0 Å². The van der Waals surface area contributed by atoms with Crippen LogP contribution in [-0.2, 0) is 0 Å². The normalized spacial score (nSPS) is 12.4. The lowest BCUT2D eigenvalue weighted by atomic mass is 10.1. The van der Waals surface area contributed by atoms with Gasteiger partial charge in [0.15, 0.2) is 23.3 Å². The van der Waals surface area contributed by atoms with E-state index in [4.69, 9.17) is 0 Å². The smallest absolute Gasteiger partial charge is 0.200 e. The molecule has 0 aliphatic heterocycles. The number of halogens is 5. The molecule has 6 heteroatoms. The summed E-state index contributed by atoms with van der Waals surface area (Å²) >= 11 is 0. The zero-order valence-corrected chi connectivity index (χ0v) is 10.8. The molecule has 0 aliphatic carbocycles. The van der Waals surface area contributed by atoms with Crippen LogP contribution in [0.2, 0.25) is 0 Å². The molecular weight excluding hydrogens is 265 g/mol. The molecule has 0 amide bonds. The topological polar surface area (TPSA) is 12.0 Å². The highest BCUT2D eigenvalue weighted by Gasteiger charge is 2.24. The summed E-state index contributed by atoms with van der Waals surface area (Å²) < 4.78 is 65.5. The van der Waals surface area contributed by atoms with Gasteiger partial charge in [0.2, 0.25) is 5.82 Å². The van der Waals surface area contributed by atoms with E-state index in [0.29, 0.717) is 5.57 Å². The molecule has 0 bridgehead atoms. The average molecular weight is 279 g/mol. The summed E-state index contributed by atoms with van der Waals surface area (Å²) in [6, 6.07) is 0.139. The molecule has 19 heavy (non-hydrogen) atoms. The molecule has 0 fully saturated rings. The predicted octanol–water partition coefficient (Wildman–Crippen LogP) is 3.78. The number of benzene rings is 1. The summed E-state index contributed by atoms with van der Waals surface area (Å²) in [4.78, 5) is 0. The Labute approximate surface area is 108 Å². The van der Waals surface area contributed by atoms with Crippen LogP contribution < -0.4 is 5.32 Å². The van der Waals surface area contributed by atoms with E-state index in [0.717, 1.165) is 6.08 Å². The van der Waals surface area contributed by atoms with Gasteiger partial charge in [-0.1, -0.05) is 19.4 Å². The maximum atomic E-state index is 13.4. The van der Waals surface area contributed by atoms with Gasteiger partial charge in [0.25, 0.3) is 0 Å². The first-order chi connectivity index (χ1) is 8.75. The van der Waals surface area contributed by atoms with Crippen LogP contribution in [0.1, 0.15) is 26.3 Å². The van der Waals surface area contributed by atoms with Crippen molar-refractivity contribution in [3.8, 4) is 0 Å². The molecule has 0 unspecified atom stereocenters. The van der Waals surface area contributed by atoms with Gasteiger partial charge in [0.05, 0.1) is 5.56 Å². The monoisotopic (exact) mass is 279 g/mol. The van der Waals surface area contributed by atoms with Crippen LogP contribution in [0.3, 0.4) is 0 Å². The van der Waals surface area contributed by atoms with Gasteiger partial charge in [-0.2, -0.15) is 0 Å². The van der Waals surface area contributed by atoms with E-state index in [1.165, 1.54) is 6.92 Å². The van der Waals surface area contributed by atoms with Crippen LogP contribution in [0.4, 0.5) is 22.0 Å². The minimum atomic E-state index is -2.15. The fraction of sp³-hybridized carbons (Fsp3) is 0.385. The lowest BCUT2D eigenvalue weighted by Crippen LogP contribution is -2.24. The van der Waals surface area contributed by atoms with Crippen LogP contribution >= 0.6 is 0 Å². The highest BCUT2D eigenvalue weighted by Crippen LogP contribution is 2.24. The number of hydrogen-bond acceptors (Lipinski definition) is 1. The lowest BCUT2D eigenvalue weighted by Gasteiger charge is -2.09. The Balaban J connectivity index is 3.18. The molecule has 1 N–H and O–H groups in total. The third-order valence-corrected chi connectivity index (χ3v) is 2.42. The number of nitrogens with one attached hydrogen (secondary N) is 1. The molecular formula is C13H14F5N. The minimum absolute atomic E-state index is 0.139. The predicted molar refractivity (Wildman–Crippen MR) is 63.0 cm³/mol. The van der Waals surface area contributed by atoms with Crippen molar-refractivity contribution in [2.75, 3.05) is 6.54 Å². The maximum Gasteiger partial charge on any atom is 0.200 e. The molecule has 0 aliphatic rings. The van der Waals surface area contributed by atoms with Crippen molar-refractivity contribution in [3.05, 3.63) is 40.2 Å². The Bertz CT molecular complexity index is 479. The zero-order valence-electron chi connectivity index (χ0n) is 10.8. The van der Waals surface area contributed by atoms with Crippen LogP contribution in [-0.4, -0.2) is 12.6 Å². The van der Waals surface area contributed by atoms with Crippen LogP contribution in [0.5, 0.6) is 0 Å². The summed E-state index contributed by atoms with van der Waals surface area (Å²) in [5.41, 5.74) is -0.462. The largest absolute Gasteiger partial charge is 0.311 e. The number of rotatable bonds is 4. The summed E-state index contributed by atoms with van der Waals surface area (Å²) in [5, 5.41) is 2.97. The van der Waals surface area contributed by atoms with Gasteiger partial charge in [0.1, 0.15) is 0 Å². The standard InChI is InChI=1S/C13H14F5N/c1-6(2)19-5-7(3)4-8-9(14)11(16)13(18)12(17)10(8)15/h4,6,19H,5H2,1-3H3. The Morgan fingerprint density at radius 1 is 0.947 bits per heavy atom. The van der Waals surface area contributed by atoms with Crippen molar-refractivity contribution in [2.45, 2.75) is 26.8 Å². The molecule has 0 spiro atoms. The van der Waals surface area contributed by atoms with Crippen molar-refractivity contribution in [1.82, 2.24) is 5.32 Å². The second-order valence-corrected chi connectivity index (χ2v) is 4.51. The molecule has 0 atom stereocenters. The molecule has 1 aromatic carbocycles. The molecule has 1 nitrogen and oxygen atoms in total. The average Bonchev–Trinajstić information content (AvgIpc) is 2.36. The highest BCUT2D eigenvalue weighted by atomic mass is 19.2. The molecule has 106 valence electrons. The van der Waals surface area contributed by atoms with Gasteiger partial charge in [-0.25, -0.2) is 22.0 Å². The van der Waals surface area contributed by atoms with Gasteiger partial charge in [-0.05, 0) is 13.0 Å². The second kappa shape index (κ2) is 6.14. The summed E-state index contributed by atoms with van der Waals surface area (Å²) in [6.45, 7) is 5.56. The lowest BCUT2D eigenvalue weighted by molar-refractivity contribution is 0.377. The second-order valence-electron chi connectivity index (χ2n) is 4.51. The Morgan fingerprint density at radius 3 is 1.79 bits per heavy atom. The van der Waals surface area contributed by atoms with E-state index >= 15 is 0 Å². The van der Waals surface area contributed by atoms with Crippen molar-refractivity contribution < 1.29 is 22.0 Å². The zero-order chi connectivity index (χ0) is 14.7. The highest BCUT2D eigenvalue weighted by molar-refractivity contribution is 5.54. The van der Waals surface area contributed by atoms with E-state index < -0.39 is 34.6 Å². The fourth-order valence-electron chi connectivity index (χ4n) is 1.41. The molecule has 0 saturated carbocycles. The first kappa shape index (κ1) is 15.6. The molecule has 1 rings (SSSR count). The molecule has 1 aromatic rings. The van der Waals surface area contributed by atoms with Crippen LogP contribution in [0.25, 0.3) is 6.08 Å². The number of hydrogen-bond donors (Lipinski definition) is 1. The molecule has 0 heterocycles. The van der Waals surface area contributed by atoms with E-state index in [9.17, 15) is 22.0 Å². The van der Waals surface area contributed by atoms with Gasteiger partial charge >= 0.3 is 0 Å². The summed E-state index contributed by atoms with van der Waals surface area (Å²) in [6.07, 6.45) is 0.950. The van der Waals surface area contributed by atoms with Gasteiger partial charge in [0, 0.05) is 12.6 Å². The molecule has 0 saturated heterocycles. The molecule has 0 aromatic heterocycles. The SMILES string of the molecule is CC(=Cc1c(F)c(F)c(F)c(F)c1F)CNC(C)C. The minimum Gasteiger partial charge on any atom is -0.311 e. The van der Waals surface area contributed by atoms with Crippen molar-refractivity contribution >= 4 is 6.08 Å². The first-order valence-corrected chi connectivity index (χ1v) is 5.67. The fourth-order valence-corrected chi connectivity index (χ4v) is 1.41. The van der Waals surface area contributed by atoms with E-state index in [-0.39, 0.29) is 12.6 Å². The first-order valence-electron chi connectivity index (χ1n) is 5.67. The quantitative estimate of drug-likeness (QED) is 0.502. The van der Waals surface area contributed by atoms with Crippen molar-refractivity contribution in [1.29, 1.82) is 0 Å². The van der Waals surface area contributed by atoms with Gasteiger partial charge in [-0.15, -0.1) is 0 Å².